The van der Waals surface area contributed by atoms with E-state index in [9.17, 15) is 24.0 Å². The maximum absolute atomic E-state index is 12.1. The highest BCUT2D eigenvalue weighted by atomic mass is 16.7. The first-order chi connectivity index (χ1) is 12.2. The Morgan fingerprint density at radius 3 is 2.23 bits per heavy atom. The summed E-state index contributed by atoms with van der Waals surface area (Å²) in [5.74, 6) is -1.98. The van der Waals surface area contributed by atoms with Gasteiger partial charge in [-0.15, -0.1) is 0 Å². The molecule has 0 radical (unpaired) electrons. The lowest BCUT2D eigenvalue weighted by Gasteiger charge is -2.23. The van der Waals surface area contributed by atoms with E-state index < -0.39 is 53.7 Å². The average Bonchev–Trinajstić information content (AvgIpc) is 2.82. The molecule has 1 unspecified atom stereocenters. The summed E-state index contributed by atoms with van der Waals surface area (Å²) in [4.78, 5) is 59.3. The Balaban J connectivity index is 2.41. The first-order valence-corrected chi connectivity index (χ1v) is 7.63. The maximum Gasteiger partial charge on any atom is 0.330 e. The summed E-state index contributed by atoms with van der Waals surface area (Å²) in [5, 5.41) is 0. The van der Waals surface area contributed by atoms with Crippen molar-refractivity contribution in [2.24, 2.45) is 0 Å². The van der Waals surface area contributed by atoms with Crippen molar-refractivity contribution in [2.45, 2.75) is 45.3 Å². The first-order valence-electron chi connectivity index (χ1n) is 7.63. The zero-order chi connectivity index (χ0) is 19.4. The second-order valence-electron chi connectivity index (χ2n) is 5.53. The molecule has 2 heterocycles. The molecule has 1 N–H and O–H groups in total. The lowest BCUT2D eigenvalue weighted by molar-refractivity contribution is -0.166. The Labute approximate surface area is 146 Å². The molecule has 1 aromatic heterocycles. The van der Waals surface area contributed by atoms with Crippen LogP contribution in [0.2, 0.25) is 0 Å². The average molecular weight is 370 g/mol. The van der Waals surface area contributed by atoms with Crippen molar-refractivity contribution in [3.63, 3.8) is 0 Å². The third-order valence-electron chi connectivity index (χ3n) is 3.47. The van der Waals surface area contributed by atoms with E-state index in [2.05, 4.69) is 0 Å². The van der Waals surface area contributed by atoms with Gasteiger partial charge in [0.05, 0.1) is 0 Å². The van der Waals surface area contributed by atoms with E-state index in [4.69, 9.17) is 18.9 Å². The molecule has 11 heteroatoms. The van der Waals surface area contributed by atoms with Crippen LogP contribution in [0.1, 0.15) is 27.0 Å². The van der Waals surface area contributed by atoms with Gasteiger partial charge in [0.1, 0.15) is 12.7 Å². The molecule has 1 fully saturated rings. The molecular formula is C15H18N2O9. The smallest absolute Gasteiger partial charge is 0.330 e. The number of nitrogens with one attached hydrogen (secondary N) is 1. The normalized spacial score (nSPS) is 24.7. The van der Waals surface area contributed by atoms with E-state index in [1.165, 1.54) is 6.92 Å². The fraction of sp³-hybridized carbons (Fsp3) is 0.533. The Morgan fingerprint density at radius 2 is 1.69 bits per heavy atom. The summed E-state index contributed by atoms with van der Waals surface area (Å²) in [5.41, 5.74) is -1.43. The molecule has 1 saturated heterocycles. The Morgan fingerprint density at radius 1 is 1.08 bits per heavy atom. The summed E-state index contributed by atoms with van der Waals surface area (Å²) in [6.45, 7) is 3.17. The van der Waals surface area contributed by atoms with Crippen LogP contribution >= 0.6 is 0 Å². The van der Waals surface area contributed by atoms with Crippen LogP contribution in [0.25, 0.3) is 0 Å². The lowest BCUT2D eigenvalue weighted by atomic mass is 10.1. The number of hydrogen-bond donors (Lipinski definition) is 1. The fourth-order valence-corrected chi connectivity index (χ4v) is 2.54. The second kappa shape index (κ2) is 7.95. The van der Waals surface area contributed by atoms with Gasteiger partial charge in [-0.1, -0.05) is 0 Å². The van der Waals surface area contributed by atoms with Gasteiger partial charge in [0, 0.05) is 33.0 Å². The summed E-state index contributed by atoms with van der Waals surface area (Å²) in [7, 11) is 0. The van der Waals surface area contributed by atoms with E-state index in [0.717, 1.165) is 30.7 Å². The first kappa shape index (κ1) is 19.4. The van der Waals surface area contributed by atoms with Gasteiger partial charge < -0.3 is 18.9 Å². The van der Waals surface area contributed by atoms with Gasteiger partial charge in [0.25, 0.3) is 5.56 Å². The van der Waals surface area contributed by atoms with Crippen molar-refractivity contribution in [3.8, 4) is 0 Å². The summed E-state index contributed by atoms with van der Waals surface area (Å²) in [6, 6.07) is 1.08. The highest BCUT2D eigenvalue weighted by Crippen LogP contribution is 2.33. The molecule has 142 valence electrons. The monoisotopic (exact) mass is 370 g/mol. The molecule has 4 atom stereocenters. The molecule has 1 aromatic rings. The Kier molecular flexibility index (Phi) is 5.93. The van der Waals surface area contributed by atoms with Crippen LogP contribution in [0.15, 0.2) is 21.9 Å². The molecule has 0 aromatic carbocycles. The van der Waals surface area contributed by atoms with E-state index in [1.54, 1.807) is 0 Å². The Bertz CT molecular complexity index is 812. The summed E-state index contributed by atoms with van der Waals surface area (Å²) >= 11 is 0. The van der Waals surface area contributed by atoms with Crippen molar-refractivity contribution >= 4 is 17.9 Å². The van der Waals surface area contributed by atoms with E-state index in [1.807, 2.05) is 4.98 Å². The van der Waals surface area contributed by atoms with Gasteiger partial charge in [0.2, 0.25) is 0 Å². The number of carbonyl (C=O) groups excluding carboxylic acids is 3. The number of nitrogens with zero attached hydrogens (tertiary/aromatic N) is 1. The molecule has 0 spiro atoms. The van der Waals surface area contributed by atoms with Gasteiger partial charge in [0.15, 0.2) is 18.4 Å². The van der Waals surface area contributed by atoms with Crippen molar-refractivity contribution < 1.29 is 33.3 Å². The minimum Gasteiger partial charge on any atom is -0.463 e. The number of esters is 3. The third kappa shape index (κ3) is 4.57. The lowest BCUT2D eigenvalue weighted by Crippen LogP contribution is -2.42. The fourth-order valence-electron chi connectivity index (χ4n) is 2.54. The predicted octanol–water partition coefficient (Wildman–Crippen LogP) is -1.14. The third-order valence-corrected chi connectivity index (χ3v) is 3.47. The minimum atomic E-state index is -1.20. The van der Waals surface area contributed by atoms with Gasteiger partial charge in [-0.25, -0.2) is 4.79 Å². The molecule has 11 nitrogen and oxygen atoms in total. The van der Waals surface area contributed by atoms with E-state index in [-0.39, 0.29) is 6.61 Å². The van der Waals surface area contributed by atoms with Crippen LogP contribution in [0, 0.1) is 0 Å². The van der Waals surface area contributed by atoms with Crippen molar-refractivity contribution in [1.82, 2.24) is 9.55 Å². The zero-order valence-corrected chi connectivity index (χ0v) is 14.3. The number of H-pyrrole nitrogens is 1. The van der Waals surface area contributed by atoms with Crippen molar-refractivity contribution in [3.05, 3.63) is 33.1 Å². The molecule has 1 aliphatic heterocycles. The highest BCUT2D eigenvalue weighted by Gasteiger charge is 2.50. The number of aromatic nitrogens is 2. The summed E-state index contributed by atoms with van der Waals surface area (Å²) in [6.07, 6.45) is -3.36. The SMILES string of the molecule is CC(=O)OC[C@H]1O[C@@H](n2ccc(=O)[nH]c2=O)[C@@H](OC(C)=O)C1OC(C)=O. The highest BCUT2D eigenvalue weighted by molar-refractivity contribution is 5.67. The van der Waals surface area contributed by atoms with Crippen molar-refractivity contribution in [2.75, 3.05) is 6.61 Å². The number of ether oxygens (including phenoxy) is 4. The van der Waals surface area contributed by atoms with Crippen LogP contribution in [0.3, 0.4) is 0 Å². The largest absolute Gasteiger partial charge is 0.463 e. The van der Waals surface area contributed by atoms with Crippen LogP contribution < -0.4 is 11.2 Å². The van der Waals surface area contributed by atoms with E-state index in [0.29, 0.717) is 0 Å². The molecule has 2 rings (SSSR count). The standard InChI is InChI=1S/C15H18N2O9/c1-7(18)23-6-10-12(24-8(2)19)13(25-9(3)20)14(26-10)17-5-4-11(21)16-15(17)22/h4-5,10,12-14H,6H2,1-3H3,(H,16,21,22)/t10-,12?,13+,14-/m1/s1. The van der Waals surface area contributed by atoms with Crippen LogP contribution in [-0.4, -0.2) is 52.4 Å². The number of hydrogen-bond acceptors (Lipinski definition) is 9. The van der Waals surface area contributed by atoms with Gasteiger partial charge in [-0.2, -0.15) is 0 Å². The van der Waals surface area contributed by atoms with Gasteiger partial charge >= 0.3 is 23.6 Å². The second-order valence-corrected chi connectivity index (χ2v) is 5.53. The van der Waals surface area contributed by atoms with Crippen LogP contribution in [-0.2, 0) is 33.3 Å². The van der Waals surface area contributed by atoms with Gasteiger partial charge in [-0.3, -0.25) is 28.7 Å². The van der Waals surface area contributed by atoms with Gasteiger partial charge in [-0.05, 0) is 0 Å². The number of aromatic amines is 1. The summed E-state index contributed by atoms with van der Waals surface area (Å²) < 4.78 is 21.9. The molecule has 0 bridgehead atoms. The maximum atomic E-state index is 12.1. The molecule has 0 aliphatic carbocycles. The molecule has 0 saturated carbocycles. The molecule has 0 amide bonds. The molecule has 1 aliphatic rings. The van der Waals surface area contributed by atoms with Crippen LogP contribution in [0.5, 0.6) is 0 Å². The van der Waals surface area contributed by atoms with E-state index >= 15 is 0 Å². The quantitative estimate of drug-likeness (QED) is 0.502. The topological polar surface area (TPSA) is 143 Å². The number of carbonyl (C=O) groups is 3. The van der Waals surface area contributed by atoms with Crippen LogP contribution in [0.4, 0.5) is 0 Å². The molecule has 26 heavy (non-hydrogen) atoms. The zero-order valence-electron chi connectivity index (χ0n) is 14.3. The Hall–Kier alpha value is -2.95. The minimum absolute atomic E-state index is 0.292. The number of rotatable bonds is 5. The van der Waals surface area contributed by atoms with Crippen molar-refractivity contribution in [1.29, 1.82) is 0 Å². The predicted molar refractivity (Wildman–Crippen MR) is 83.0 cm³/mol. The molecular weight excluding hydrogens is 352 g/mol.